The zero-order valence-electron chi connectivity index (χ0n) is 26.4. The summed E-state index contributed by atoms with van der Waals surface area (Å²) in [6.07, 6.45) is 15.4. The molecule has 5 nitrogen and oxygen atoms in total. The van der Waals surface area contributed by atoms with Crippen LogP contribution >= 0.6 is 0 Å². The van der Waals surface area contributed by atoms with E-state index in [4.69, 9.17) is 5.84 Å². The van der Waals surface area contributed by atoms with E-state index in [2.05, 4.69) is 45.4 Å². The summed E-state index contributed by atoms with van der Waals surface area (Å²) >= 11 is 0. The lowest BCUT2D eigenvalue weighted by Crippen LogP contribution is -2.71. The summed E-state index contributed by atoms with van der Waals surface area (Å²) in [5.41, 5.74) is 4.18. The first-order valence-corrected chi connectivity index (χ1v) is 16.9. The van der Waals surface area contributed by atoms with Gasteiger partial charge in [0, 0.05) is 12.1 Å². The second-order valence-corrected chi connectivity index (χ2v) is 15.7. The van der Waals surface area contributed by atoms with Crippen molar-refractivity contribution in [1.29, 1.82) is 0 Å². The van der Waals surface area contributed by atoms with E-state index in [1.54, 1.807) is 6.07 Å². The Morgan fingerprint density at radius 1 is 0.902 bits per heavy atom. The third-order valence-corrected chi connectivity index (χ3v) is 15.0. The number of hydrazine groups is 1. The van der Waals surface area contributed by atoms with E-state index < -0.39 is 0 Å². The van der Waals surface area contributed by atoms with Gasteiger partial charge in [-0.05, 0) is 121 Å². The summed E-state index contributed by atoms with van der Waals surface area (Å²) in [4.78, 5) is 26.5. The van der Waals surface area contributed by atoms with Crippen molar-refractivity contribution in [3.63, 3.8) is 0 Å². The summed E-state index contributed by atoms with van der Waals surface area (Å²) in [5, 5.41) is 3.45. The van der Waals surface area contributed by atoms with Gasteiger partial charge in [0.05, 0.1) is 5.41 Å². The van der Waals surface area contributed by atoms with Gasteiger partial charge < -0.3 is 5.32 Å². The number of carbonyl (C=O) groups excluding carboxylic acids is 2. The largest absolute Gasteiger partial charge is 0.355 e. The molecular formula is C36H55N3O2. The monoisotopic (exact) mass is 561 g/mol. The van der Waals surface area contributed by atoms with Crippen LogP contribution in [-0.2, 0) is 11.2 Å². The van der Waals surface area contributed by atoms with E-state index in [-0.39, 0.29) is 28.1 Å². The topological polar surface area (TPSA) is 84.2 Å². The maximum Gasteiger partial charge on any atom is 0.265 e. The molecule has 0 heterocycles. The number of carbonyl (C=O) groups is 2. The summed E-state index contributed by atoms with van der Waals surface area (Å²) in [5.74, 6) is 9.57. The van der Waals surface area contributed by atoms with Crippen molar-refractivity contribution in [2.45, 2.75) is 112 Å². The van der Waals surface area contributed by atoms with Crippen LogP contribution in [0.25, 0.3) is 0 Å². The molecule has 6 rings (SSSR count). The molecule has 0 spiro atoms. The van der Waals surface area contributed by atoms with Crippen LogP contribution < -0.4 is 16.6 Å². The number of hydrogen-bond acceptors (Lipinski definition) is 3. The Kier molecular flexibility index (Phi) is 7.40. The molecule has 0 aliphatic heterocycles. The van der Waals surface area contributed by atoms with E-state index in [1.807, 2.05) is 18.2 Å². The lowest BCUT2D eigenvalue weighted by molar-refractivity contribution is -0.262. The van der Waals surface area contributed by atoms with Crippen molar-refractivity contribution in [2.24, 2.45) is 63.0 Å². The number of amides is 2. The lowest BCUT2D eigenvalue weighted by Gasteiger charge is -2.74. The molecular weight excluding hydrogens is 506 g/mol. The molecule has 0 aromatic heterocycles. The summed E-state index contributed by atoms with van der Waals surface area (Å²) < 4.78 is 0. The highest BCUT2D eigenvalue weighted by Gasteiger charge is 2.75. The van der Waals surface area contributed by atoms with E-state index in [0.717, 1.165) is 36.2 Å². The Morgan fingerprint density at radius 3 is 2.46 bits per heavy atom. The molecule has 0 saturated heterocycles. The predicted molar refractivity (Wildman–Crippen MR) is 165 cm³/mol. The number of rotatable bonds is 5. The zero-order chi connectivity index (χ0) is 29.2. The molecule has 0 bridgehead atoms. The van der Waals surface area contributed by atoms with Crippen LogP contribution in [0.1, 0.15) is 121 Å². The van der Waals surface area contributed by atoms with Gasteiger partial charge in [0.1, 0.15) is 0 Å². The first-order valence-electron chi connectivity index (χ1n) is 16.9. The van der Waals surface area contributed by atoms with E-state index in [9.17, 15) is 9.59 Å². The van der Waals surface area contributed by atoms with E-state index >= 15 is 0 Å². The van der Waals surface area contributed by atoms with Crippen LogP contribution in [0.15, 0.2) is 24.3 Å². The molecule has 10 unspecified atom stereocenters. The number of hydrogen-bond donors (Lipinski definition) is 3. The molecule has 5 aliphatic carbocycles. The van der Waals surface area contributed by atoms with E-state index in [1.165, 1.54) is 57.8 Å². The van der Waals surface area contributed by atoms with Crippen LogP contribution in [0.2, 0.25) is 0 Å². The fourth-order valence-electron chi connectivity index (χ4n) is 12.8. The summed E-state index contributed by atoms with van der Waals surface area (Å²) in [7, 11) is 0. The number of fused-ring (bicyclic) bond motifs is 7. The molecule has 5 fully saturated rings. The van der Waals surface area contributed by atoms with Gasteiger partial charge >= 0.3 is 0 Å². The van der Waals surface area contributed by atoms with E-state index in [0.29, 0.717) is 41.7 Å². The third-order valence-electron chi connectivity index (χ3n) is 15.0. The molecule has 5 heteroatoms. The van der Waals surface area contributed by atoms with Gasteiger partial charge in [-0.15, -0.1) is 0 Å². The Bertz CT molecular complexity index is 1180. The minimum Gasteiger partial charge on any atom is -0.355 e. The fourth-order valence-corrected chi connectivity index (χ4v) is 12.8. The Balaban J connectivity index is 1.26. The van der Waals surface area contributed by atoms with Gasteiger partial charge in [0.2, 0.25) is 5.91 Å². The Labute approximate surface area is 248 Å². The molecule has 226 valence electrons. The molecule has 1 aromatic rings. The maximum absolute atomic E-state index is 14.5. The first-order chi connectivity index (χ1) is 19.5. The van der Waals surface area contributed by atoms with Crippen molar-refractivity contribution in [3.8, 4) is 0 Å². The van der Waals surface area contributed by atoms with Gasteiger partial charge in [-0.2, -0.15) is 0 Å². The Morgan fingerprint density at radius 2 is 1.68 bits per heavy atom. The molecule has 2 amide bonds. The summed E-state index contributed by atoms with van der Waals surface area (Å²) in [6, 6.07) is 7.56. The van der Waals surface area contributed by atoms with Crippen molar-refractivity contribution < 1.29 is 9.59 Å². The standard InChI is InChI=1S/C36H55N3O2/c1-23-24(2)36(32(41)38-21-17-25-10-8-12-27(22-25)31(40)39-37)19-9-18-34(36,4)30-15-14-29-28-13-7-6-11-26(28)16-20-33(29,3)35(23,30)5/h8,10,12,22-24,26,28-30H,6-7,9,11,13-21,37H2,1-5H3,(H,38,41)(H,39,40). The molecule has 4 N–H and O–H groups in total. The fraction of sp³-hybridized carbons (Fsp3) is 0.778. The van der Waals surface area contributed by atoms with Gasteiger partial charge in [0.15, 0.2) is 0 Å². The number of nitrogens with two attached hydrogens (primary N) is 1. The normalized spacial score (nSPS) is 45.0. The minimum atomic E-state index is -0.302. The van der Waals surface area contributed by atoms with Crippen LogP contribution in [-0.4, -0.2) is 18.4 Å². The molecule has 10 atom stereocenters. The molecule has 41 heavy (non-hydrogen) atoms. The minimum absolute atomic E-state index is 0.0360. The smallest absolute Gasteiger partial charge is 0.265 e. The average molecular weight is 562 g/mol. The number of benzene rings is 1. The second kappa shape index (κ2) is 10.4. The summed E-state index contributed by atoms with van der Waals surface area (Å²) in [6.45, 7) is 13.5. The van der Waals surface area contributed by atoms with Crippen LogP contribution in [0.3, 0.4) is 0 Å². The molecule has 5 saturated carbocycles. The first kappa shape index (κ1) is 29.2. The van der Waals surface area contributed by atoms with Crippen molar-refractivity contribution >= 4 is 11.8 Å². The highest BCUT2D eigenvalue weighted by Crippen LogP contribution is 2.79. The second-order valence-electron chi connectivity index (χ2n) is 15.7. The highest BCUT2D eigenvalue weighted by atomic mass is 16.2. The maximum atomic E-state index is 14.5. The van der Waals surface area contributed by atoms with Crippen molar-refractivity contribution in [3.05, 3.63) is 35.4 Å². The van der Waals surface area contributed by atoms with Gasteiger partial charge in [0.25, 0.3) is 5.91 Å². The highest BCUT2D eigenvalue weighted by molar-refractivity contribution is 5.93. The quantitative estimate of drug-likeness (QED) is 0.205. The number of nitrogens with one attached hydrogen (secondary N) is 2. The van der Waals surface area contributed by atoms with Crippen LogP contribution in [0, 0.1) is 57.2 Å². The predicted octanol–water partition coefficient (Wildman–Crippen LogP) is 7.05. The average Bonchev–Trinajstić information content (AvgIpc) is 3.35. The lowest BCUT2D eigenvalue weighted by atomic mass is 9.30. The third kappa shape index (κ3) is 3.96. The van der Waals surface area contributed by atoms with Crippen molar-refractivity contribution in [1.82, 2.24) is 10.7 Å². The molecule has 1 aromatic carbocycles. The van der Waals surface area contributed by atoms with Gasteiger partial charge in [-0.3, -0.25) is 15.0 Å². The zero-order valence-corrected chi connectivity index (χ0v) is 26.4. The van der Waals surface area contributed by atoms with Crippen LogP contribution in [0.5, 0.6) is 0 Å². The SMILES string of the molecule is CC1C(C)C2(C)C(CCC3C4CCCCC4CCC32C)C2(C)CCCC12C(=O)NCCc1cccc(C(=O)NN)c1. The number of nitrogen functional groups attached to an aromatic ring is 1. The van der Waals surface area contributed by atoms with Crippen LogP contribution in [0.4, 0.5) is 0 Å². The van der Waals surface area contributed by atoms with Gasteiger partial charge in [-0.1, -0.05) is 72.4 Å². The molecule has 5 aliphatic rings. The molecule has 0 radical (unpaired) electrons. The van der Waals surface area contributed by atoms with Gasteiger partial charge in [-0.25, -0.2) is 5.84 Å². The van der Waals surface area contributed by atoms with Crippen molar-refractivity contribution in [2.75, 3.05) is 6.54 Å². The Hall–Kier alpha value is -1.88.